The lowest BCUT2D eigenvalue weighted by Crippen LogP contribution is -2.39. The van der Waals surface area contributed by atoms with E-state index in [9.17, 15) is 0 Å². The van der Waals surface area contributed by atoms with E-state index in [0.29, 0.717) is 6.10 Å². The van der Waals surface area contributed by atoms with Crippen LogP contribution >= 0.6 is 0 Å². The lowest BCUT2D eigenvalue weighted by atomic mass is 9.93. The Bertz CT molecular complexity index is 169. The van der Waals surface area contributed by atoms with Crippen LogP contribution in [-0.2, 0) is 9.47 Å². The number of rotatable bonds is 5. The summed E-state index contributed by atoms with van der Waals surface area (Å²) in [6, 6.07) is 0. The average molecular weight is 184 g/mol. The maximum Gasteiger partial charge on any atom is 0.0898 e. The van der Waals surface area contributed by atoms with Crippen molar-refractivity contribution in [2.45, 2.75) is 39.7 Å². The minimum Gasteiger partial charge on any atom is -0.501 e. The Morgan fingerprint density at radius 1 is 1.54 bits per heavy atom. The lowest BCUT2D eigenvalue weighted by Gasteiger charge is -2.36. The molecule has 1 aliphatic rings. The first-order valence-corrected chi connectivity index (χ1v) is 5.10. The van der Waals surface area contributed by atoms with Crippen LogP contribution in [0.15, 0.2) is 11.8 Å². The van der Waals surface area contributed by atoms with Crippen molar-refractivity contribution in [3.63, 3.8) is 0 Å². The maximum absolute atomic E-state index is 5.44. The van der Waals surface area contributed by atoms with Gasteiger partial charge in [-0.25, -0.2) is 0 Å². The first kappa shape index (κ1) is 10.6. The van der Waals surface area contributed by atoms with Gasteiger partial charge in [0.05, 0.1) is 25.6 Å². The summed E-state index contributed by atoms with van der Waals surface area (Å²) in [5.41, 5.74) is 1.21. The fourth-order valence-corrected chi connectivity index (χ4v) is 1.48. The SMILES string of the molecule is CCC1COC1CCOC=C(C)C. The average Bonchev–Trinajstić information content (AvgIpc) is 2.02. The third-order valence-electron chi connectivity index (χ3n) is 2.41. The van der Waals surface area contributed by atoms with E-state index in [0.717, 1.165) is 25.6 Å². The third kappa shape index (κ3) is 3.39. The van der Waals surface area contributed by atoms with Crippen molar-refractivity contribution in [3.8, 4) is 0 Å². The van der Waals surface area contributed by atoms with E-state index < -0.39 is 0 Å². The molecule has 1 fully saturated rings. The molecular formula is C11H20O2. The molecule has 1 aliphatic heterocycles. The highest BCUT2D eigenvalue weighted by atomic mass is 16.5. The van der Waals surface area contributed by atoms with E-state index in [-0.39, 0.29) is 0 Å². The van der Waals surface area contributed by atoms with Gasteiger partial charge in [-0.2, -0.15) is 0 Å². The van der Waals surface area contributed by atoms with Crippen LogP contribution < -0.4 is 0 Å². The summed E-state index contributed by atoms with van der Waals surface area (Å²) in [4.78, 5) is 0. The second-order valence-corrected chi connectivity index (χ2v) is 3.89. The maximum atomic E-state index is 5.44. The predicted octanol–water partition coefficient (Wildman–Crippen LogP) is 2.74. The number of hydrogen-bond donors (Lipinski definition) is 0. The highest BCUT2D eigenvalue weighted by Gasteiger charge is 2.29. The molecule has 0 amide bonds. The molecule has 0 spiro atoms. The van der Waals surface area contributed by atoms with Gasteiger partial charge in [0.25, 0.3) is 0 Å². The molecule has 76 valence electrons. The Hall–Kier alpha value is -0.500. The van der Waals surface area contributed by atoms with Gasteiger partial charge >= 0.3 is 0 Å². The molecule has 0 saturated carbocycles. The van der Waals surface area contributed by atoms with Gasteiger partial charge in [-0.05, 0) is 25.8 Å². The van der Waals surface area contributed by atoms with E-state index in [1.807, 2.05) is 20.1 Å². The summed E-state index contributed by atoms with van der Waals surface area (Å²) in [7, 11) is 0. The van der Waals surface area contributed by atoms with Gasteiger partial charge in [-0.15, -0.1) is 0 Å². The molecule has 0 N–H and O–H groups in total. The predicted molar refractivity (Wildman–Crippen MR) is 53.5 cm³/mol. The van der Waals surface area contributed by atoms with Crippen molar-refractivity contribution in [2.24, 2.45) is 5.92 Å². The molecular weight excluding hydrogens is 164 g/mol. The summed E-state index contributed by atoms with van der Waals surface area (Å²) in [5.74, 6) is 0.773. The normalized spacial score (nSPS) is 26.4. The fraction of sp³-hybridized carbons (Fsp3) is 0.818. The zero-order valence-corrected chi connectivity index (χ0v) is 8.88. The number of hydrogen-bond acceptors (Lipinski definition) is 2. The molecule has 2 unspecified atom stereocenters. The van der Waals surface area contributed by atoms with E-state index in [1.165, 1.54) is 12.0 Å². The molecule has 1 saturated heterocycles. The highest BCUT2D eigenvalue weighted by Crippen LogP contribution is 2.25. The van der Waals surface area contributed by atoms with Crippen LogP contribution in [0.3, 0.4) is 0 Å². The molecule has 0 aromatic carbocycles. The van der Waals surface area contributed by atoms with Crippen LogP contribution in [0, 0.1) is 5.92 Å². The van der Waals surface area contributed by atoms with Crippen LogP contribution in [0.2, 0.25) is 0 Å². The van der Waals surface area contributed by atoms with Crippen LogP contribution in [0.1, 0.15) is 33.6 Å². The number of ether oxygens (including phenoxy) is 2. The topological polar surface area (TPSA) is 18.5 Å². The van der Waals surface area contributed by atoms with Crippen molar-refractivity contribution < 1.29 is 9.47 Å². The quantitative estimate of drug-likeness (QED) is 0.483. The van der Waals surface area contributed by atoms with E-state index in [2.05, 4.69) is 6.92 Å². The first-order chi connectivity index (χ1) is 6.24. The Kier molecular flexibility index (Phi) is 4.29. The van der Waals surface area contributed by atoms with Crippen LogP contribution in [0.4, 0.5) is 0 Å². The van der Waals surface area contributed by atoms with Crippen LogP contribution in [0.25, 0.3) is 0 Å². The van der Waals surface area contributed by atoms with Crippen LogP contribution in [0.5, 0.6) is 0 Å². The molecule has 0 aliphatic carbocycles. The largest absolute Gasteiger partial charge is 0.501 e. The van der Waals surface area contributed by atoms with Gasteiger partial charge in [-0.1, -0.05) is 6.92 Å². The summed E-state index contributed by atoms with van der Waals surface area (Å²) in [6.45, 7) is 8.02. The second-order valence-electron chi connectivity index (χ2n) is 3.89. The minimum atomic E-state index is 0.454. The zero-order chi connectivity index (χ0) is 9.68. The Labute approximate surface area is 80.9 Å². The Morgan fingerprint density at radius 2 is 2.31 bits per heavy atom. The molecule has 1 heterocycles. The van der Waals surface area contributed by atoms with Crippen molar-refractivity contribution in [1.82, 2.24) is 0 Å². The first-order valence-electron chi connectivity index (χ1n) is 5.10. The molecule has 0 aromatic rings. The summed E-state index contributed by atoms with van der Waals surface area (Å²) < 4.78 is 10.8. The second kappa shape index (κ2) is 5.28. The number of allylic oxidation sites excluding steroid dienone is 1. The van der Waals surface area contributed by atoms with Crippen molar-refractivity contribution in [1.29, 1.82) is 0 Å². The smallest absolute Gasteiger partial charge is 0.0898 e. The van der Waals surface area contributed by atoms with Crippen molar-refractivity contribution in [3.05, 3.63) is 11.8 Å². The van der Waals surface area contributed by atoms with E-state index in [1.54, 1.807) is 0 Å². The standard InChI is InChI=1S/C11H20O2/c1-4-10-8-13-11(10)5-6-12-7-9(2)3/h7,10-11H,4-6,8H2,1-3H3. The minimum absolute atomic E-state index is 0.454. The van der Waals surface area contributed by atoms with Gasteiger partial charge in [0.1, 0.15) is 0 Å². The molecule has 13 heavy (non-hydrogen) atoms. The van der Waals surface area contributed by atoms with E-state index >= 15 is 0 Å². The van der Waals surface area contributed by atoms with Gasteiger partial charge in [-0.3, -0.25) is 0 Å². The Balaban J connectivity index is 2.03. The molecule has 0 bridgehead atoms. The van der Waals surface area contributed by atoms with Gasteiger partial charge in [0.2, 0.25) is 0 Å². The van der Waals surface area contributed by atoms with Gasteiger partial charge in [0, 0.05) is 12.3 Å². The zero-order valence-electron chi connectivity index (χ0n) is 8.88. The third-order valence-corrected chi connectivity index (χ3v) is 2.41. The molecule has 2 nitrogen and oxygen atoms in total. The van der Waals surface area contributed by atoms with Gasteiger partial charge < -0.3 is 9.47 Å². The molecule has 1 rings (SSSR count). The summed E-state index contributed by atoms with van der Waals surface area (Å²) in [5, 5.41) is 0. The van der Waals surface area contributed by atoms with Crippen molar-refractivity contribution in [2.75, 3.05) is 13.2 Å². The summed E-state index contributed by atoms with van der Waals surface area (Å²) in [6.07, 6.45) is 4.53. The Morgan fingerprint density at radius 3 is 2.77 bits per heavy atom. The highest BCUT2D eigenvalue weighted by molar-refractivity contribution is 4.86. The van der Waals surface area contributed by atoms with Gasteiger partial charge in [0.15, 0.2) is 0 Å². The molecule has 0 aromatic heterocycles. The molecule has 2 atom stereocenters. The van der Waals surface area contributed by atoms with E-state index in [4.69, 9.17) is 9.47 Å². The molecule has 0 radical (unpaired) electrons. The van der Waals surface area contributed by atoms with Crippen molar-refractivity contribution >= 4 is 0 Å². The molecule has 2 heteroatoms. The lowest BCUT2D eigenvalue weighted by molar-refractivity contribution is -0.123. The van der Waals surface area contributed by atoms with Crippen LogP contribution in [-0.4, -0.2) is 19.3 Å². The summed E-state index contributed by atoms with van der Waals surface area (Å²) >= 11 is 0. The fourth-order valence-electron chi connectivity index (χ4n) is 1.48. The monoisotopic (exact) mass is 184 g/mol.